The molecule has 0 unspecified atom stereocenters. The first-order chi connectivity index (χ1) is 15.1. The zero-order valence-corrected chi connectivity index (χ0v) is 16.9. The molecule has 0 spiro atoms. The molecule has 152 valence electrons. The quantitative estimate of drug-likeness (QED) is 0.581. The largest absolute Gasteiger partial charge is 0.273 e. The topological polar surface area (TPSA) is 73.6 Å². The van der Waals surface area contributed by atoms with Gasteiger partial charge in [-0.15, -0.1) is 0 Å². The van der Waals surface area contributed by atoms with Crippen molar-refractivity contribution in [2.45, 2.75) is 12.1 Å². The van der Waals surface area contributed by atoms with Gasteiger partial charge in [-0.3, -0.25) is 14.4 Å². The van der Waals surface area contributed by atoms with Crippen LogP contribution in [0.15, 0.2) is 78.9 Å². The van der Waals surface area contributed by atoms with Gasteiger partial charge in [-0.05, 0) is 42.0 Å². The van der Waals surface area contributed by atoms with Gasteiger partial charge in [0.15, 0.2) is 6.10 Å². The van der Waals surface area contributed by atoms with Crippen molar-refractivity contribution in [2.24, 2.45) is 5.92 Å². The number of amides is 2. The Morgan fingerprint density at radius 3 is 2.23 bits per heavy atom. The maximum atomic E-state index is 13.5. The van der Waals surface area contributed by atoms with Crippen LogP contribution in [0.3, 0.4) is 0 Å². The predicted octanol–water partition coefficient (Wildman–Crippen LogP) is 4.26. The number of hydroxylamine groups is 1. The summed E-state index contributed by atoms with van der Waals surface area (Å²) in [7, 11) is 0. The molecule has 0 N–H and O–H groups in total. The molecule has 3 atom stereocenters. The number of nitrogens with zero attached hydrogens (tertiary/aromatic N) is 3. The first-order valence-electron chi connectivity index (χ1n) is 9.73. The molecular weight excluding hydrogens is 414 g/mol. The molecule has 2 amide bonds. The molecule has 3 aromatic rings. The van der Waals surface area contributed by atoms with Gasteiger partial charge in [0.1, 0.15) is 5.92 Å². The number of fused-ring (bicyclic) bond motifs is 1. The van der Waals surface area contributed by atoms with Gasteiger partial charge in [0.2, 0.25) is 5.91 Å². The minimum Gasteiger partial charge on any atom is -0.273 e. The summed E-state index contributed by atoms with van der Waals surface area (Å²) in [6, 6.07) is 24.6. The molecule has 2 saturated heterocycles. The highest BCUT2D eigenvalue weighted by Gasteiger charge is 2.60. The Hall–Kier alpha value is -3.66. The van der Waals surface area contributed by atoms with E-state index in [1.54, 1.807) is 53.6 Å². The molecule has 0 aliphatic carbocycles. The second-order valence-electron chi connectivity index (χ2n) is 7.36. The maximum absolute atomic E-state index is 13.5. The summed E-state index contributed by atoms with van der Waals surface area (Å²) < 4.78 is 0. The first kappa shape index (κ1) is 19.3. The summed E-state index contributed by atoms with van der Waals surface area (Å²) in [5, 5.41) is 11.1. The van der Waals surface area contributed by atoms with E-state index in [1.807, 2.05) is 30.3 Å². The monoisotopic (exact) mass is 429 g/mol. The van der Waals surface area contributed by atoms with Crippen LogP contribution in [0.25, 0.3) is 0 Å². The number of hydrogen-bond donors (Lipinski definition) is 0. The molecule has 31 heavy (non-hydrogen) atoms. The van der Waals surface area contributed by atoms with Crippen molar-refractivity contribution >= 4 is 34.8 Å². The standard InChI is InChI=1S/C24H16ClN3O3/c25-18-8-4-5-9-19(18)27-23(29)20-21(16-12-10-15(14-26)11-13-16)28(31-22(20)24(27)30)17-6-2-1-3-7-17/h1-13,20-22H/t20-,21+,22+/m0/s1. The highest BCUT2D eigenvalue weighted by atomic mass is 35.5. The van der Waals surface area contributed by atoms with Gasteiger partial charge in [-0.1, -0.05) is 54.1 Å². The van der Waals surface area contributed by atoms with Gasteiger partial charge in [0, 0.05) is 0 Å². The molecular formula is C24H16ClN3O3. The number of hydrogen-bond acceptors (Lipinski definition) is 5. The third-order valence-corrected chi connectivity index (χ3v) is 5.92. The minimum absolute atomic E-state index is 0.319. The molecule has 3 aromatic carbocycles. The molecule has 0 radical (unpaired) electrons. The van der Waals surface area contributed by atoms with Crippen LogP contribution in [0.2, 0.25) is 5.02 Å². The smallest absolute Gasteiger partial charge is 0.266 e. The van der Waals surface area contributed by atoms with Crippen LogP contribution >= 0.6 is 11.6 Å². The van der Waals surface area contributed by atoms with Crippen LogP contribution in [0.4, 0.5) is 11.4 Å². The molecule has 7 heteroatoms. The summed E-state index contributed by atoms with van der Waals surface area (Å²) in [4.78, 5) is 34.0. The van der Waals surface area contributed by atoms with Crippen LogP contribution in [0.5, 0.6) is 0 Å². The Labute approximate surface area is 183 Å². The summed E-state index contributed by atoms with van der Waals surface area (Å²) in [6.45, 7) is 0. The van der Waals surface area contributed by atoms with E-state index in [9.17, 15) is 9.59 Å². The summed E-state index contributed by atoms with van der Waals surface area (Å²) in [5.41, 5.74) is 2.37. The lowest BCUT2D eigenvalue weighted by Gasteiger charge is -2.29. The van der Waals surface area contributed by atoms with Crippen LogP contribution in [0.1, 0.15) is 17.2 Å². The Balaban J connectivity index is 1.60. The van der Waals surface area contributed by atoms with E-state index in [-0.39, 0.29) is 5.91 Å². The predicted molar refractivity (Wildman–Crippen MR) is 115 cm³/mol. The molecule has 5 rings (SSSR count). The zero-order chi connectivity index (χ0) is 21.5. The number of para-hydroxylation sites is 2. The van der Waals surface area contributed by atoms with Crippen LogP contribution in [-0.2, 0) is 14.4 Å². The van der Waals surface area contributed by atoms with Crippen molar-refractivity contribution in [3.05, 3.63) is 95.0 Å². The molecule has 0 aromatic heterocycles. The number of carbonyl (C=O) groups is 2. The number of imide groups is 1. The van der Waals surface area contributed by atoms with E-state index in [1.165, 1.54) is 0 Å². The molecule has 2 heterocycles. The average molecular weight is 430 g/mol. The third-order valence-electron chi connectivity index (χ3n) is 5.60. The molecule has 2 aliphatic rings. The van der Waals surface area contributed by atoms with Gasteiger partial charge >= 0.3 is 0 Å². The van der Waals surface area contributed by atoms with E-state index in [4.69, 9.17) is 21.7 Å². The van der Waals surface area contributed by atoms with E-state index in [0.29, 0.717) is 16.3 Å². The third kappa shape index (κ3) is 3.07. The highest BCUT2D eigenvalue weighted by molar-refractivity contribution is 6.36. The maximum Gasteiger partial charge on any atom is 0.266 e. The Morgan fingerprint density at radius 1 is 0.871 bits per heavy atom. The number of carbonyl (C=O) groups excluding carboxylic acids is 2. The lowest BCUT2D eigenvalue weighted by Crippen LogP contribution is -2.37. The van der Waals surface area contributed by atoms with Crippen molar-refractivity contribution in [1.82, 2.24) is 0 Å². The van der Waals surface area contributed by atoms with E-state index >= 15 is 0 Å². The molecule has 6 nitrogen and oxygen atoms in total. The van der Waals surface area contributed by atoms with Gasteiger partial charge < -0.3 is 0 Å². The van der Waals surface area contributed by atoms with Crippen LogP contribution in [0, 0.1) is 17.2 Å². The number of nitriles is 1. The average Bonchev–Trinajstić information content (AvgIpc) is 3.31. The van der Waals surface area contributed by atoms with Gasteiger partial charge in [-0.2, -0.15) is 5.26 Å². The second-order valence-corrected chi connectivity index (χ2v) is 7.76. The normalized spacial score (nSPS) is 22.5. The van der Waals surface area contributed by atoms with Gasteiger partial charge in [0.05, 0.1) is 34.1 Å². The van der Waals surface area contributed by atoms with Crippen molar-refractivity contribution in [1.29, 1.82) is 5.26 Å². The minimum atomic E-state index is -0.968. The molecule has 2 fully saturated rings. The van der Waals surface area contributed by atoms with E-state index in [0.717, 1.165) is 16.2 Å². The number of anilines is 2. The molecule has 2 aliphatic heterocycles. The fraction of sp³-hybridized carbons (Fsp3) is 0.125. The van der Waals surface area contributed by atoms with E-state index < -0.39 is 24.0 Å². The van der Waals surface area contributed by atoms with Gasteiger partial charge in [0.25, 0.3) is 5.91 Å². The lowest BCUT2D eigenvalue weighted by molar-refractivity contribution is -0.126. The highest BCUT2D eigenvalue weighted by Crippen LogP contribution is 2.48. The van der Waals surface area contributed by atoms with Gasteiger partial charge in [-0.25, -0.2) is 9.96 Å². The van der Waals surface area contributed by atoms with Crippen molar-refractivity contribution in [3.63, 3.8) is 0 Å². The Bertz CT molecular complexity index is 1210. The van der Waals surface area contributed by atoms with E-state index in [2.05, 4.69) is 6.07 Å². The summed E-state index contributed by atoms with van der Waals surface area (Å²) in [5.74, 6) is -1.56. The van der Waals surface area contributed by atoms with Crippen LogP contribution < -0.4 is 9.96 Å². The SMILES string of the molecule is N#Cc1ccc([C@@H]2[C@@H]3C(=O)N(c4ccccc4Cl)C(=O)[C@@H]3ON2c2ccccc2)cc1. The first-order valence-corrected chi connectivity index (χ1v) is 10.1. The van der Waals surface area contributed by atoms with Crippen molar-refractivity contribution < 1.29 is 14.4 Å². The Morgan fingerprint density at radius 2 is 1.55 bits per heavy atom. The van der Waals surface area contributed by atoms with Crippen molar-refractivity contribution in [3.8, 4) is 6.07 Å². The number of rotatable bonds is 3. The fourth-order valence-electron chi connectivity index (χ4n) is 4.18. The summed E-state index contributed by atoms with van der Waals surface area (Å²) in [6.07, 6.45) is -0.968. The lowest BCUT2D eigenvalue weighted by atomic mass is 9.90. The zero-order valence-electron chi connectivity index (χ0n) is 16.2. The molecule has 0 bridgehead atoms. The molecule has 0 saturated carbocycles. The fourth-order valence-corrected chi connectivity index (χ4v) is 4.40. The van der Waals surface area contributed by atoms with Crippen molar-refractivity contribution in [2.75, 3.05) is 9.96 Å². The Kier molecular flexibility index (Phi) is 4.70. The number of benzene rings is 3. The van der Waals surface area contributed by atoms with Crippen LogP contribution in [-0.4, -0.2) is 17.9 Å². The number of halogens is 1. The summed E-state index contributed by atoms with van der Waals surface area (Å²) >= 11 is 6.27. The second kappa shape index (κ2) is 7.55.